The molecule has 38 heavy (non-hydrogen) atoms. The number of methoxy groups -OCH3 is 1. The van der Waals surface area contributed by atoms with Crippen molar-refractivity contribution in [3.8, 4) is 5.75 Å². The number of amides is 2. The van der Waals surface area contributed by atoms with E-state index in [4.69, 9.17) is 14.3 Å². The number of hydrogen-bond donors (Lipinski definition) is 0. The van der Waals surface area contributed by atoms with Gasteiger partial charge in [-0.1, -0.05) is 50.1 Å². The number of rotatable bonds is 9. The van der Waals surface area contributed by atoms with Gasteiger partial charge in [0.05, 0.1) is 36.7 Å². The van der Waals surface area contributed by atoms with Gasteiger partial charge in [-0.05, 0) is 60.5 Å². The molecular formula is C30H30N2O6. The molecule has 5 rings (SSSR count). The molecule has 8 nitrogen and oxygen atoms in total. The lowest BCUT2D eigenvalue weighted by atomic mass is 9.90. The van der Waals surface area contributed by atoms with E-state index in [1.54, 1.807) is 53.6 Å². The van der Waals surface area contributed by atoms with Crippen molar-refractivity contribution in [2.24, 2.45) is 5.92 Å². The monoisotopic (exact) mass is 514 g/mol. The van der Waals surface area contributed by atoms with Crippen molar-refractivity contribution in [2.45, 2.75) is 38.3 Å². The predicted molar refractivity (Wildman–Crippen MR) is 142 cm³/mol. The summed E-state index contributed by atoms with van der Waals surface area (Å²) in [5.74, 6) is -1.27. The van der Waals surface area contributed by atoms with E-state index >= 15 is 0 Å². The van der Waals surface area contributed by atoms with Gasteiger partial charge in [0.2, 0.25) is 5.91 Å². The summed E-state index contributed by atoms with van der Waals surface area (Å²) in [7, 11) is 1.32. The zero-order chi connectivity index (χ0) is 26.6. The molecular weight excluding hydrogens is 484 g/mol. The number of imide groups is 1. The van der Waals surface area contributed by atoms with E-state index in [0.29, 0.717) is 23.6 Å². The summed E-state index contributed by atoms with van der Waals surface area (Å²) in [6, 6.07) is 22.6. The number of nitrogens with zero attached hydrogens (tertiary/aromatic N) is 2. The Balaban J connectivity index is 1.43. The quantitative estimate of drug-likeness (QED) is 0.223. The molecule has 0 bridgehead atoms. The number of benzene rings is 3. The van der Waals surface area contributed by atoms with E-state index in [1.807, 2.05) is 30.3 Å². The molecule has 0 unspecified atom stereocenters. The molecule has 0 radical (unpaired) electrons. The van der Waals surface area contributed by atoms with Gasteiger partial charge in [0.15, 0.2) is 6.10 Å². The molecule has 2 fully saturated rings. The average molecular weight is 515 g/mol. The van der Waals surface area contributed by atoms with Crippen LogP contribution in [-0.4, -0.2) is 37.6 Å². The summed E-state index contributed by atoms with van der Waals surface area (Å²) in [6.07, 6.45) is 2.22. The smallest absolute Gasteiger partial charge is 0.337 e. The number of para-hydroxylation sites is 1. The minimum atomic E-state index is -0.974. The van der Waals surface area contributed by atoms with Gasteiger partial charge in [-0.15, -0.1) is 0 Å². The number of hydroxylamine groups is 1. The highest BCUT2D eigenvalue weighted by Gasteiger charge is 2.60. The largest absolute Gasteiger partial charge is 0.494 e. The molecule has 2 heterocycles. The molecule has 2 amide bonds. The predicted octanol–water partition coefficient (Wildman–Crippen LogP) is 5.09. The van der Waals surface area contributed by atoms with Gasteiger partial charge in [0.1, 0.15) is 11.7 Å². The van der Waals surface area contributed by atoms with Crippen LogP contribution in [-0.2, 0) is 19.2 Å². The highest BCUT2D eigenvalue weighted by molar-refractivity contribution is 6.24. The Morgan fingerprint density at radius 1 is 0.868 bits per heavy atom. The number of unbranched alkanes of at least 4 members (excludes halogenated alkanes) is 2. The van der Waals surface area contributed by atoms with Crippen LogP contribution in [0.2, 0.25) is 0 Å². The topological polar surface area (TPSA) is 85.4 Å². The third kappa shape index (κ3) is 4.75. The van der Waals surface area contributed by atoms with E-state index in [-0.39, 0.29) is 5.91 Å². The number of carbonyl (C=O) groups excluding carboxylic acids is 3. The molecule has 3 aromatic carbocycles. The number of fused-ring (bicyclic) bond motifs is 1. The second kappa shape index (κ2) is 11.1. The Labute approximate surface area is 221 Å². The molecule has 0 aliphatic carbocycles. The van der Waals surface area contributed by atoms with Crippen molar-refractivity contribution in [3.63, 3.8) is 0 Å². The van der Waals surface area contributed by atoms with Crippen molar-refractivity contribution in [1.82, 2.24) is 0 Å². The Morgan fingerprint density at radius 2 is 1.58 bits per heavy atom. The Morgan fingerprint density at radius 3 is 2.24 bits per heavy atom. The van der Waals surface area contributed by atoms with Gasteiger partial charge < -0.3 is 9.47 Å². The highest BCUT2D eigenvalue weighted by atomic mass is 16.7. The lowest BCUT2D eigenvalue weighted by Crippen LogP contribution is -2.37. The Bertz CT molecular complexity index is 1290. The van der Waals surface area contributed by atoms with Crippen LogP contribution in [0.4, 0.5) is 11.4 Å². The van der Waals surface area contributed by atoms with Gasteiger partial charge in [0.25, 0.3) is 5.91 Å². The molecule has 3 aromatic rings. The van der Waals surface area contributed by atoms with Crippen molar-refractivity contribution in [3.05, 3.63) is 90.0 Å². The molecule has 0 N–H and O–H groups in total. The number of anilines is 2. The normalized spacial score (nSPS) is 20.5. The van der Waals surface area contributed by atoms with Gasteiger partial charge >= 0.3 is 5.97 Å². The summed E-state index contributed by atoms with van der Waals surface area (Å²) >= 11 is 0. The molecule has 0 aromatic heterocycles. The van der Waals surface area contributed by atoms with E-state index in [9.17, 15) is 14.4 Å². The van der Waals surface area contributed by atoms with Crippen LogP contribution >= 0.6 is 0 Å². The first-order valence-electron chi connectivity index (χ1n) is 12.8. The summed E-state index contributed by atoms with van der Waals surface area (Å²) in [5.41, 5.74) is 2.34. The van der Waals surface area contributed by atoms with Gasteiger partial charge in [-0.25, -0.2) is 14.8 Å². The lowest BCUT2D eigenvalue weighted by Gasteiger charge is -2.28. The number of hydrogen-bond acceptors (Lipinski definition) is 7. The highest BCUT2D eigenvalue weighted by Crippen LogP contribution is 2.47. The summed E-state index contributed by atoms with van der Waals surface area (Å²) < 4.78 is 10.6. The van der Waals surface area contributed by atoms with Crippen molar-refractivity contribution < 1.29 is 28.7 Å². The maximum Gasteiger partial charge on any atom is 0.337 e. The first-order chi connectivity index (χ1) is 18.5. The molecule has 0 spiro atoms. The molecule has 2 saturated heterocycles. The summed E-state index contributed by atoms with van der Waals surface area (Å²) in [5, 5.41) is 1.63. The fourth-order valence-corrected chi connectivity index (χ4v) is 4.97. The number of ether oxygens (including phenoxy) is 2. The molecule has 2 aliphatic rings. The second-order valence-corrected chi connectivity index (χ2v) is 9.33. The molecule has 2 aliphatic heterocycles. The van der Waals surface area contributed by atoms with Gasteiger partial charge in [-0.2, -0.15) is 0 Å². The van der Waals surface area contributed by atoms with Crippen LogP contribution in [0, 0.1) is 5.92 Å². The summed E-state index contributed by atoms with van der Waals surface area (Å²) in [4.78, 5) is 46.7. The zero-order valence-electron chi connectivity index (χ0n) is 21.4. The van der Waals surface area contributed by atoms with E-state index in [1.165, 1.54) is 12.0 Å². The molecule has 196 valence electrons. The second-order valence-electron chi connectivity index (χ2n) is 9.33. The maximum absolute atomic E-state index is 13.8. The van der Waals surface area contributed by atoms with Crippen LogP contribution < -0.4 is 14.7 Å². The van der Waals surface area contributed by atoms with Crippen molar-refractivity contribution in [1.29, 1.82) is 0 Å². The Hall–Kier alpha value is -4.17. The third-order valence-corrected chi connectivity index (χ3v) is 6.91. The minimum Gasteiger partial charge on any atom is -0.494 e. The molecule has 8 heteroatoms. The first-order valence-corrected chi connectivity index (χ1v) is 12.8. The van der Waals surface area contributed by atoms with Crippen LogP contribution in [0.25, 0.3) is 0 Å². The molecule has 3 atom stereocenters. The third-order valence-electron chi connectivity index (χ3n) is 6.91. The van der Waals surface area contributed by atoms with Gasteiger partial charge in [-0.3, -0.25) is 14.4 Å². The van der Waals surface area contributed by atoms with E-state index in [0.717, 1.165) is 30.5 Å². The lowest BCUT2D eigenvalue weighted by molar-refractivity contribution is -0.126. The summed E-state index contributed by atoms with van der Waals surface area (Å²) in [6.45, 7) is 2.76. The fourth-order valence-electron chi connectivity index (χ4n) is 4.97. The minimum absolute atomic E-state index is 0.336. The van der Waals surface area contributed by atoms with Gasteiger partial charge in [0, 0.05) is 0 Å². The maximum atomic E-state index is 13.8. The SMILES string of the molecule is CCCCCOc1ccc(N2C(=O)[C@H]3[C@H](ON(c4ccccc4)[C@H]3c3ccc(C(=O)OC)cc3)C2=O)cc1. The average Bonchev–Trinajstić information content (AvgIpc) is 3.47. The fraction of sp³-hybridized carbons (Fsp3) is 0.300. The number of carbonyl (C=O) groups is 3. The van der Waals surface area contributed by atoms with Crippen LogP contribution in [0.15, 0.2) is 78.9 Å². The van der Waals surface area contributed by atoms with E-state index in [2.05, 4.69) is 6.92 Å². The number of esters is 1. The molecule has 0 saturated carbocycles. The standard InChI is InChI=1S/C30H30N2O6/c1-3-4-8-19-37-24-17-15-22(16-18-24)31-28(33)25-26(20-11-13-21(14-12-20)30(35)36-2)32(38-27(25)29(31)34)23-9-6-5-7-10-23/h5-7,9-18,25-27H,3-4,8,19H2,1-2H3/t25-,26+,27+/m1/s1. The van der Waals surface area contributed by atoms with Crippen LogP contribution in [0.5, 0.6) is 5.75 Å². The van der Waals surface area contributed by atoms with Crippen molar-refractivity contribution >= 4 is 29.2 Å². The zero-order valence-corrected chi connectivity index (χ0v) is 21.4. The Kier molecular flexibility index (Phi) is 7.42. The van der Waals surface area contributed by atoms with E-state index < -0.39 is 29.9 Å². The van der Waals surface area contributed by atoms with Crippen LogP contribution in [0.1, 0.15) is 48.1 Å². The van der Waals surface area contributed by atoms with Crippen LogP contribution in [0.3, 0.4) is 0 Å². The first kappa shape index (κ1) is 25.5. The van der Waals surface area contributed by atoms with Crippen molar-refractivity contribution in [2.75, 3.05) is 23.7 Å².